The predicted molar refractivity (Wildman–Crippen MR) is 100 cm³/mol. The molecule has 0 unspecified atom stereocenters. The van der Waals surface area contributed by atoms with E-state index in [4.69, 9.17) is 4.74 Å². The van der Waals surface area contributed by atoms with Crippen LogP contribution in [0.2, 0.25) is 0 Å². The van der Waals surface area contributed by atoms with Gasteiger partial charge >= 0.3 is 0 Å². The summed E-state index contributed by atoms with van der Waals surface area (Å²) < 4.78 is 6.31. The van der Waals surface area contributed by atoms with Crippen LogP contribution in [0.15, 0.2) is 23.5 Å². The Morgan fingerprint density at radius 2 is 1.70 bits per heavy atom. The predicted octanol–water partition coefficient (Wildman–Crippen LogP) is 6.86. The zero-order valence-electron chi connectivity index (χ0n) is 16.0. The van der Waals surface area contributed by atoms with Crippen molar-refractivity contribution < 1.29 is 4.74 Å². The van der Waals surface area contributed by atoms with Crippen LogP contribution in [0.3, 0.4) is 0 Å². The minimum absolute atomic E-state index is 0.119. The average molecular weight is 315 g/mol. The molecule has 1 nitrogen and oxygen atoms in total. The summed E-state index contributed by atoms with van der Waals surface area (Å²) in [6.07, 6.45) is 8.95. The van der Waals surface area contributed by atoms with Gasteiger partial charge in [-0.05, 0) is 43.2 Å². The zero-order valence-corrected chi connectivity index (χ0v) is 16.0. The van der Waals surface area contributed by atoms with Gasteiger partial charge in [0.15, 0.2) is 0 Å². The topological polar surface area (TPSA) is 9.23 Å². The number of fused-ring (bicyclic) bond motifs is 1. The molecule has 0 saturated carbocycles. The van der Waals surface area contributed by atoms with Gasteiger partial charge in [0.05, 0.1) is 0 Å². The molecule has 1 aromatic rings. The Bertz CT molecular complexity index is 572. The highest BCUT2D eigenvalue weighted by Crippen LogP contribution is 2.40. The third-order valence-electron chi connectivity index (χ3n) is 4.86. The molecule has 1 heterocycles. The van der Waals surface area contributed by atoms with Crippen LogP contribution in [-0.4, -0.2) is 0 Å². The second-order valence-corrected chi connectivity index (χ2v) is 8.15. The molecule has 128 valence electrons. The fourth-order valence-electron chi connectivity index (χ4n) is 3.44. The Hall–Kier alpha value is -1.24. The van der Waals surface area contributed by atoms with Crippen molar-refractivity contribution >= 4 is 0 Å². The Kier molecular flexibility index (Phi) is 5.95. The molecule has 2 rings (SSSR count). The normalized spacial score (nSPS) is 14.7. The van der Waals surface area contributed by atoms with E-state index in [9.17, 15) is 0 Å². The molecular weight excluding hydrogens is 280 g/mol. The van der Waals surface area contributed by atoms with Crippen molar-refractivity contribution in [1.82, 2.24) is 0 Å². The molecule has 23 heavy (non-hydrogen) atoms. The second kappa shape index (κ2) is 7.55. The standard InChI is InChI=1S/C22H34O/c1-7-8-9-10-11-12-18-15-19-13-16(2)14-20(22(4,5)6)21(19)23-17(18)3/h13-14H,7-12,15H2,1-6H3. The molecule has 0 radical (unpaired) electrons. The molecule has 0 spiro atoms. The number of hydrogen-bond acceptors (Lipinski definition) is 1. The van der Waals surface area contributed by atoms with E-state index in [1.807, 2.05) is 0 Å². The molecule has 1 heteroatoms. The van der Waals surface area contributed by atoms with Crippen molar-refractivity contribution in [3.63, 3.8) is 0 Å². The highest BCUT2D eigenvalue weighted by atomic mass is 16.5. The molecule has 1 aromatic carbocycles. The third kappa shape index (κ3) is 4.62. The minimum Gasteiger partial charge on any atom is -0.461 e. The summed E-state index contributed by atoms with van der Waals surface area (Å²) >= 11 is 0. The Balaban J connectivity index is 2.14. The average Bonchev–Trinajstić information content (AvgIpc) is 2.46. The van der Waals surface area contributed by atoms with Gasteiger partial charge in [-0.1, -0.05) is 71.1 Å². The molecule has 0 saturated heterocycles. The molecule has 0 amide bonds. The number of hydrogen-bond donors (Lipinski definition) is 0. The molecule has 0 atom stereocenters. The van der Waals surface area contributed by atoms with Crippen molar-refractivity contribution in [2.24, 2.45) is 0 Å². The number of benzene rings is 1. The third-order valence-corrected chi connectivity index (χ3v) is 4.86. The Morgan fingerprint density at radius 3 is 2.35 bits per heavy atom. The van der Waals surface area contributed by atoms with E-state index < -0.39 is 0 Å². The fraction of sp³-hybridized carbons (Fsp3) is 0.636. The van der Waals surface area contributed by atoms with Gasteiger partial charge in [0, 0.05) is 12.0 Å². The maximum Gasteiger partial charge on any atom is 0.134 e. The first-order valence-corrected chi connectivity index (χ1v) is 9.33. The lowest BCUT2D eigenvalue weighted by Gasteiger charge is -2.29. The summed E-state index contributed by atoms with van der Waals surface area (Å²) in [5.41, 5.74) is 5.69. The van der Waals surface area contributed by atoms with Gasteiger partial charge < -0.3 is 4.74 Å². The smallest absolute Gasteiger partial charge is 0.134 e. The molecule has 1 aliphatic rings. The number of unbranched alkanes of at least 4 members (excludes halogenated alkanes) is 4. The SMILES string of the molecule is CCCCCCCC1=C(C)Oc2c(cc(C)cc2C(C)(C)C)C1. The summed E-state index contributed by atoms with van der Waals surface area (Å²) in [5, 5.41) is 0. The van der Waals surface area contributed by atoms with Crippen LogP contribution < -0.4 is 4.74 Å². The summed E-state index contributed by atoms with van der Waals surface area (Å²) in [7, 11) is 0. The van der Waals surface area contributed by atoms with Gasteiger partial charge in [-0.15, -0.1) is 0 Å². The summed E-state index contributed by atoms with van der Waals surface area (Å²) in [5.74, 6) is 2.26. The maximum absolute atomic E-state index is 6.31. The van der Waals surface area contributed by atoms with Gasteiger partial charge in [0.2, 0.25) is 0 Å². The number of ether oxygens (including phenoxy) is 1. The summed E-state index contributed by atoms with van der Waals surface area (Å²) in [6, 6.07) is 4.61. The van der Waals surface area contributed by atoms with Gasteiger partial charge in [0.1, 0.15) is 11.5 Å². The van der Waals surface area contributed by atoms with Crippen LogP contribution in [0.1, 0.15) is 89.8 Å². The monoisotopic (exact) mass is 314 g/mol. The molecule has 0 aliphatic carbocycles. The lowest BCUT2D eigenvalue weighted by atomic mass is 9.82. The number of rotatable bonds is 6. The van der Waals surface area contributed by atoms with Gasteiger partial charge in [-0.25, -0.2) is 0 Å². The van der Waals surface area contributed by atoms with E-state index in [2.05, 4.69) is 53.7 Å². The molecule has 0 N–H and O–H groups in total. The van der Waals surface area contributed by atoms with Crippen molar-refractivity contribution in [2.75, 3.05) is 0 Å². The molecular formula is C22H34O. The van der Waals surface area contributed by atoms with E-state index >= 15 is 0 Å². The van der Waals surface area contributed by atoms with Crippen molar-refractivity contribution in [2.45, 2.75) is 91.9 Å². The van der Waals surface area contributed by atoms with Crippen LogP contribution in [0, 0.1) is 6.92 Å². The van der Waals surface area contributed by atoms with E-state index in [1.54, 1.807) is 0 Å². The first-order valence-electron chi connectivity index (χ1n) is 9.33. The zero-order chi connectivity index (χ0) is 17.0. The van der Waals surface area contributed by atoms with Gasteiger partial charge in [0.25, 0.3) is 0 Å². The van der Waals surface area contributed by atoms with Crippen LogP contribution >= 0.6 is 0 Å². The fourth-order valence-corrected chi connectivity index (χ4v) is 3.44. The number of aryl methyl sites for hydroxylation is 1. The summed E-state index contributed by atoms with van der Waals surface area (Å²) in [4.78, 5) is 0. The maximum atomic E-state index is 6.31. The molecule has 1 aliphatic heterocycles. The highest BCUT2D eigenvalue weighted by molar-refractivity contribution is 5.52. The van der Waals surface area contributed by atoms with E-state index in [-0.39, 0.29) is 5.41 Å². The molecule has 0 bridgehead atoms. The Morgan fingerprint density at radius 1 is 1.00 bits per heavy atom. The second-order valence-electron chi connectivity index (χ2n) is 8.15. The highest BCUT2D eigenvalue weighted by Gasteiger charge is 2.26. The van der Waals surface area contributed by atoms with Crippen LogP contribution in [-0.2, 0) is 11.8 Å². The lowest BCUT2D eigenvalue weighted by Crippen LogP contribution is -2.18. The molecule has 0 fully saturated rings. The first-order chi connectivity index (χ1) is 10.8. The quantitative estimate of drug-likeness (QED) is 0.521. The van der Waals surface area contributed by atoms with Crippen LogP contribution in [0.5, 0.6) is 5.75 Å². The van der Waals surface area contributed by atoms with Gasteiger partial charge in [-0.3, -0.25) is 0 Å². The van der Waals surface area contributed by atoms with Gasteiger partial charge in [-0.2, -0.15) is 0 Å². The van der Waals surface area contributed by atoms with Crippen molar-refractivity contribution in [3.05, 3.63) is 40.2 Å². The van der Waals surface area contributed by atoms with Crippen molar-refractivity contribution in [3.8, 4) is 5.75 Å². The van der Waals surface area contributed by atoms with Crippen molar-refractivity contribution in [1.29, 1.82) is 0 Å². The largest absolute Gasteiger partial charge is 0.461 e. The van der Waals surface area contributed by atoms with E-state index in [0.29, 0.717) is 0 Å². The van der Waals surface area contributed by atoms with Crippen LogP contribution in [0.25, 0.3) is 0 Å². The number of allylic oxidation sites excluding steroid dienone is 2. The van der Waals surface area contributed by atoms with Crippen LogP contribution in [0.4, 0.5) is 0 Å². The first kappa shape index (κ1) is 18.1. The Labute approximate surface area is 143 Å². The molecule has 0 aromatic heterocycles. The van der Waals surface area contributed by atoms with E-state index in [1.165, 1.54) is 60.8 Å². The summed E-state index contributed by atoms with van der Waals surface area (Å²) in [6.45, 7) is 13.4. The lowest BCUT2D eigenvalue weighted by molar-refractivity contribution is 0.382. The van der Waals surface area contributed by atoms with E-state index in [0.717, 1.165) is 17.9 Å². The minimum atomic E-state index is 0.119.